The van der Waals surface area contributed by atoms with Gasteiger partial charge in [0.2, 0.25) is 0 Å². The maximum atomic E-state index is 10.8. The lowest BCUT2D eigenvalue weighted by atomic mass is 10.2. The van der Waals surface area contributed by atoms with E-state index in [1.165, 1.54) is 14.0 Å². The number of ether oxygens (including phenoxy) is 2. The van der Waals surface area contributed by atoms with Crippen LogP contribution in [0.4, 0.5) is 0 Å². The highest BCUT2D eigenvalue weighted by Gasteiger charge is 2.06. The third-order valence-electron chi connectivity index (χ3n) is 1.84. The van der Waals surface area contributed by atoms with Gasteiger partial charge < -0.3 is 9.47 Å². The third kappa shape index (κ3) is 3.59. The Hall–Kier alpha value is -1.48. The fraction of sp³-hybridized carbons (Fsp3) is 0.250. The molecule has 4 heteroatoms. The summed E-state index contributed by atoms with van der Waals surface area (Å²) in [4.78, 5) is 10.8. The average Bonchev–Trinajstić information content (AvgIpc) is 2.27. The number of esters is 1. The van der Waals surface area contributed by atoms with E-state index in [1.807, 2.05) is 18.2 Å². The summed E-state index contributed by atoms with van der Waals surface area (Å²) >= 11 is 5.54. The van der Waals surface area contributed by atoms with E-state index in [0.717, 1.165) is 5.56 Å². The molecule has 0 saturated heterocycles. The Bertz CT molecular complexity index is 399. The number of halogens is 1. The normalized spacial score (nSPS) is 10.4. The van der Waals surface area contributed by atoms with Crippen molar-refractivity contribution in [3.63, 3.8) is 0 Å². The first-order valence-electron chi connectivity index (χ1n) is 4.76. The minimum absolute atomic E-state index is 0.373. The Morgan fingerprint density at radius 3 is 2.75 bits per heavy atom. The van der Waals surface area contributed by atoms with E-state index in [2.05, 4.69) is 0 Å². The summed E-state index contributed by atoms with van der Waals surface area (Å²) in [6.45, 7) is 1.35. The number of carbonyl (C=O) groups excluding carboxylic acids is 1. The van der Waals surface area contributed by atoms with Crippen LogP contribution >= 0.6 is 11.6 Å². The molecule has 0 fully saturated rings. The Kier molecular flexibility index (Phi) is 4.86. The molecule has 0 saturated carbocycles. The van der Waals surface area contributed by atoms with Crippen LogP contribution in [0, 0.1) is 0 Å². The molecule has 0 aliphatic carbocycles. The number of hydrogen-bond acceptors (Lipinski definition) is 3. The molecule has 0 aromatic heterocycles. The second-order valence-electron chi connectivity index (χ2n) is 3.06. The molecular weight excluding hydrogens is 228 g/mol. The molecule has 0 N–H and O–H groups in total. The van der Waals surface area contributed by atoms with Crippen LogP contribution in [0.3, 0.4) is 0 Å². The Morgan fingerprint density at radius 2 is 2.19 bits per heavy atom. The molecule has 3 nitrogen and oxygen atoms in total. The van der Waals surface area contributed by atoms with Gasteiger partial charge in [0.05, 0.1) is 7.11 Å². The van der Waals surface area contributed by atoms with Crippen LogP contribution < -0.4 is 9.47 Å². The van der Waals surface area contributed by atoms with Crippen molar-refractivity contribution in [1.29, 1.82) is 0 Å². The lowest BCUT2D eigenvalue weighted by Gasteiger charge is -2.08. The molecule has 0 unspecified atom stereocenters. The van der Waals surface area contributed by atoms with Gasteiger partial charge in [-0.3, -0.25) is 4.79 Å². The summed E-state index contributed by atoms with van der Waals surface area (Å²) in [6, 6.07) is 5.29. The summed E-state index contributed by atoms with van der Waals surface area (Å²) in [6.07, 6.45) is 3.69. The smallest absolute Gasteiger partial charge is 0.308 e. The maximum Gasteiger partial charge on any atom is 0.308 e. The minimum atomic E-state index is -0.373. The van der Waals surface area contributed by atoms with E-state index >= 15 is 0 Å². The summed E-state index contributed by atoms with van der Waals surface area (Å²) < 4.78 is 10.1. The Labute approximate surface area is 99.6 Å². The van der Waals surface area contributed by atoms with E-state index in [4.69, 9.17) is 21.1 Å². The molecule has 1 rings (SSSR count). The van der Waals surface area contributed by atoms with Gasteiger partial charge in [0.15, 0.2) is 11.5 Å². The lowest BCUT2D eigenvalue weighted by Crippen LogP contribution is -2.02. The van der Waals surface area contributed by atoms with Gasteiger partial charge in [0.1, 0.15) is 0 Å². The van der Waals surface area contributed by atoms with Gasteiger partial charge >= 0.3 is 5.97 Å². The van der Waals surface area contributed by atoms with Crippen molar-refractivity contribution >= 4 is 23.6 Å². The largest absolute Gasteiger partial charge is 0.493 e. The lowest BCUT2D eigenvalue weighted by molar-refractivity contribution is -0.132. The van der Waals surface area contributed by atoms with E-state index in [-0.39, 0.29) is 5.97 Å². The first-order chi connectivity index (χ1) is 7.67. The maximum absolute atomic E-state index is 10.8. The van der Waals surface area contributed by atoms with E-state index in [1.54, 1.807) is 12.1 Å². The number of benzene rings is 1. The van der Waals surface area contributed by atoms with Gasteiger partial charge in [-0.05, 0) is 17.7 Å². The molecule has 0 atom stereocenters. The fourth-order valence-corrected chi connectivity index (χ4v) is 1.30. The minimum Gasteiger partial charge on any atom is -0.493 e. The zero-order chi connectivity index (χ0) is 12.0. The standard InChI is InChI=1S/C12H13ClO3/c1-9(14)16-11-6-5-10(4-3-7-13)8-12(11)15-2/h3-6,8H,7H2,1-2H3. The van der Waals surface area contributed by atoms with Crippen molar-refractivity contribution in [2.24, 2.45) is 0 Å². The average molecular weight is 241 g/mol. The van der Waals surface area contributed by atoms with Crippen LogP contribution in [0.15, 0.2) is 24.3 Å². The monoisotopic (exact) mass is 240 g/mol. The number of hydrogen-bond donors (Lipinski definition) is 0. The van der Waals surface area contributed by atoms with Crippen LogP contribution in [-0.4, -0.2) is 19.0 Å². The van der Waals surface area contributed by atoms with Crippen LogP contribution in [0.2, 0.25) is 0 Å². The summed E-state index contributed by atoms with van der Waals surface area (Å²) in [7, 11) is 1.53. The molecule has 0 spiro atoms. The fourth-order valence-electron chi connectivity index (χ4n) is 1.21. The van der Waals surface area contributed by atoms with Gasteiger partial charge in [-0.1, -0.05) is 18.2 Å². The van der Waals surface area contributed by atoms with Crippen molar-refractivity contribution < 1.29 is 14.3 Å². The zero-order valence-electron chi connectivity index (χ0n) is 9.20. The first kappa shape index (κ1) is 12.6. The first-order valence-corrected chi connectivity index (χ1v) is 5.29. The second-order valence-corrected chi connectivity index (χ2v) is 3.37. The number of allylic oxidation sites excluding steroid dienone is 1. The molecule has 1 aromatic rings. The highest BCUT2D eigenvalue weighted by Crippen LogP contribution is 2.28. The van der Waals surface area contributed by atoms with E-state index in [0.29, 0.717) is 17.4 Å². The van der Waals surface area contributed by atoms with E-state index < -0.39 is 0 Å². The topological polar surface area (TPSA) is 35.5 Å². The van der Waals surface area contributed by atoms with Gasteiger partial charge in [-0.15, -0.1) is 11.6 Å². The quantitative estimate of drug-likeness (QED) is 0.461. The predicted octanol–water partition coefficient (Wildman–Crippen LogP) is 2.87. The van der Waals surface area contributed by atoms with Crippen LogP contribution in [0.25, 0.3) is 6.08 Å². The van der Waals surface area contributed by atoms with Crippen molar-refractivity contribution in [2.75, 3.05) is 13.0 Å². The van der Waals surface area contributed by atoms with E-state index in [9.17, 15) is 4.79 Å². The molecular formula is C12H13ClO3. The second kappa shape index (κ2) is 6.18. The summed E-state index contributed by atoms with van der Waals surface area (Å²) in [5, 5.41) is 0. The molecule has 0 heterocycles. The number of rotatable bonds is 4. The Morgan fingerprint density at radius 1 is 1.44 bits per heavy atom. The molecule has 16 heavy (non-hydrogen) atoms. The van der Waals surface area contributed by atoms with Crippen LogP contribution in [0.1, 0.15) is 12.5 Å². The van der Waals surface area contributed by atoms with Crippen molar-refractivity contribution in [3.8, 4) is 11.5 Å². The molecule has 0 radical (unpaired) electrons. The number of alkyl halides is 1. The van der Waals surface area contributed by atoms with Gasteiger partial charge in [0.25, 0.3) is 0 Å². The number of methoxy groups -OCH3 is 1. The predicted molar refractivity (Wildman–Crippen MR) is 64.1 cm³/mol. The SMILES string of the molecule is COc1cc(C=CCCl)ccc1OC(C)=O. The van der Waals surface area contributed by atoms with Crippen molar-refractivity contribution in [1.82, 2.24) is 0 Å². The molecule has 0 amide bonds. The highest BCUT2D eigenvalue weighted by molar-refractivity contribution is 6.19. The third-order valence-corrected chi connectivity index (χ3v) is 2.02. The molecule has 1 aromatic carbocycles. The van der Waals surface area contributed by atoms with Crippen molar-refractivity contribution in [3.05, 3.63) is 29.8 Å². The van der Waals surface area contributed by atoms with Crippen LogP contribution in [-0.2, 0) is 4.79 Å². The number of carbonyl (C=O) groups is 1. The molecule has 0 bridgehead atoms. The van der Waals surface area contributed by atoms with Gasteiger partial charge in [-0.2, -0.15) is 0 Å². The molecule has 0 aliphatic heterocycles. The zero-order valence-corrected chi connectivity index (χ0v) is 9.95. The van der Waals surface area contributed by atoms with Gasteiger partial charge in [-0.25, -0.2) is 0 Å². The Balaban J connectivity index is 2.96. The van der Waals surface area contributed by atoms with Crippen LogP contribution in [0.5, 0.6) is 11.5 Å². The molecule has 0 aliphatic rings. The summed E-state index contributed by atoms with van der Waals surface area (Å²) in [5.41, 5.74) is 0.938. The highest BCUT2D eigenvalue weighted by atomic mass is 35.5. The molecule has 86 valence electrons. The van der Waals surface area contributed by atoms with Crippen molar-refractivity contribution in [2.45, 2.75) is 6.92 Å². The summed E-state index contributed by atoms with van der Waals surface area (Å²) in [5.74, 6) is 1.01. The van der Waals surface area contributed by atoms with Gasteiger partial charge in [0, 0.05) is 12.8 Å².